The Morgan fingerprint density at radius 3 is 2.50 bits per heavy atom. The summed E-state index contributed by atoms with van der Waals surface area (Å²) in [5, 5.41) is -1.07. The lowest BCUT2D eigenvalue weighted by Gasteiger charge is -2.11. The second-order valence-electron chi connectivity index (χ2n) is 3.50. The van der Waals surface area contributed by atoms with Crippen LogP contribution >= 0.6 is 23.2 Å². The van der Waals surface area contributed by atoms with Crippen molar-refractivity contribution in [3.8, 4) is 0 Å². The van der Waals surface area contributed by atoms with E-state index in [9.17, 15) is 18.0 Å². The van der Waals surface area contributed by atoms with Gasteiger partial charge in [0, 0.05) is 11.4 Å². The molecule has 0 fully saturated rings. The monoisotopic (exact) mass is 300 g/mol. The highest BCUT2D eigenvalue weighted by Crippen LogP contribution is 2.32. The van der Waals surface area contributed by atoms with Gasteiger partial charge in [0.15, 0.2) is 0 Å². The Labute approximate surface area is 112 Å². The molecule has 0 aliphatic carbocycles. The summed E-state index contributed by atoms with van der Waals surface area (Å²) >= 11 is 11.4. The predicted octanol–water partition coefficient (Wildman–Crippen LogP) is 3.68. The number of benzene rings is 1. The molecule has 2 nitrogen and oxygen atoms in total. The first kappa shape index (κ1) is 15.1. The largest absolute Gasteiger partial charge is 0.468 e. The minimum atomic E-state index is -4.45. The van der Waals surface area contributed by atoms with Crippen molar-refractivity contribution >= 4 is 29.2 Å². The van der Waals surface area contributed by atoms with Gasteiger partial charge in [-0.1, -0.05) is 17.7 Å². The molecule has 1 rings (SSSR count). The highest BCUT2D eigenvalue weighted by molar-refractivity contribution is 6.32. The second-order valence-corrected chi connectivity index (χ2v) is 4.43. The summed E-state index contributed by atoms with van der Waals surface area (Å²) in [6.45, 7) is 0. The van der Waals surface area contributed by atoms with Gasteiger partial charge in [0.1, 0.15) is 5.38 Å². The van der Waals surface area contributed by atoms with Gasteiger partial charge in [0.05, 0.1) is 12.7 Å². The molecule has 0 saturated carbocycles. The zero-order valence-corrected chi connectivity index (χ0v) is 10.7. The summed E-state index contributed by atoms with van der Waals surface area (Å²) < 4.78 is 41.6. The summed E-state index contributed by atoms with van der Waals surface area (Å²) in [5.74, 6) is -0.660. The van der Waals surface area contributed by atoms with Crippen molar-refractivity contribution < 1.29 is 22.7 Å². The van der Waals surface area contributed by atoms with Crippen molar-refractivity contribution in [2.75, 3.05) is 7.11 Å². The van der Waals surface area contributed by atoms with E-state index < -0.39 is 23.1 Å². The van der Waals surface area contributed by atoms with Crippen LogP contribution in [0.1, 0.15) is 11.1 Å². The van der Waals surface area contributed by atoms with Crippen LogP contribution in [0.5, 0.6) is 0 Å². The van der Waals surface area contributed by atoms with Crippen LogP contribution in [0, 0.1) is 0 Å². The molecule has 0 N–H and O–H groups in total. The molecule has 7 heteroatoms. The van der Waals surface area contributed by atoms with Gasteiger partial charge in [-0.15, -0.1) is 11.6 Å². The Morgan fingerprint density at radius 2 is 2.06 bits per heavy atom. The maximum atomic E-state index is 12.4. The number of hydrogen-bond acceptors (Lipinski definition) is 2. The summed E-state index contributed by atoms with van der Waals surface area (Å²) in [4.78, 5) is 11.1. The molecule has 100 valence electrons. The molecule has 1 atom stereocenters. The molecule has 1 unspecified atom stereocenters. The Balaban J connectivity index is 2.90. The molecule has 0 spiro atoms. The highest BCUT2D eigenvalue weighted by Gasteiger charge is 2.31. The van der Waals surface area contributed by atoms with Crippen LogP contribution in [-0.4, -0.2) is 18.5 Å². The third kappa shape index (κ3) is 3.78. The molecular formula is C11H9Cl2F3O2. The fraction of sp³-hybridized carbons (Fsp3) is 0.364. The first-order chi connectivity index (χ1) is 8.25. The number of methoxy groups -OCH3 is 1. The van der Waals surface area contributed by atoms with Gasteiger partial charge in [0.2, 0.25) is 0 Å². The van der Waals surface area contributed by atoms with Crippen molar-refractivity contribution in [2.24, 2.45) is 0 Å². The molecule has 0 radical (unpaired) electrons. The average molecular weight is 301 g/mol. The van der Waals surface area contributed by atoms with E-state index in [1.807, 2.05) is 0 Å². The van der Waals surface area contributed by atoms with E-state index >= 15 is 0 Å². The molecule has 1 aromatic carbocycles. The van der Waals surface area contributed by atoms with Gasteiger partial charge in [-0.25, -0.2) is 0 Å². The second kappa shape index (κ2) is 5.80. The van der Waals surface area contributed by atoms with Crippen LogP contribution in [0.4, 0.5) is 13.2 Å². The maximum absolute atomic E-state index is 12.4. The minimum absolute atomic E-state index is 0.00516. The van der Waals surface area contributed by atoms with Gasteiger partial charge >= 0.3 is 12.1 Å². The van der Waals surface area contributed by atoms with Gasteiger partial charge in [-0.05, 0) is 17.7 Å². The molecule has 0 aliphatic heterocycles. The van der Waals surface area contributed by atoms with E-state index in [4.69, 9.17) is 23.2 Å². The maximum Gasteiger partial charge on any atom is 0.416 e. The lowest BCUT2D eigenvalue weighted by molar-refractivity contribution is -0.140. The fourth-order valence-corrected chi connectivity index (χ4v) is 1.81. The lowest BCUT2D eigenvalue weighted by Crippen LogP contribution is -2.19. The van der Waals surface area contributed by atoms with E-state index in [1.165, 1.54) is 13.2 Å². The third-order valence-electron chi connectivity index (χ3n) is 2.24. The molecule has 0 heterocycles. The molecule has 0 amide bonds. The highest BCUT2D eigenvalue weighted by atomic mass is 35.5. The van der Waals surface area contributed by atoms with Crippen molar-refractivity contribution in [1.29, 1.82) is 0 Å². The van der Waals surface area contributed by atoms with Crippen molar-refractivity contribution in [3.63, 3.8) is 0 Å². The average Bonchev–Trinajstić information content (AvgIpc) is 2.29. The van der Waals surface area contributed by atoms with E-state index in [0.717, 1.165) is 12.1 Å². The summed E-state index contributed by atoms with van der Waals surface area (Å²) in [6, 6.07) is 2.89. The molecule has 0 bridgehead atoms. The van der Waals surface area contributed by atoms with E-state index in [-0.39, 0.29) is 11.4 Å². The number of alkyl halides is 4. The van der Waals surface area contributed by atoms with E-state index in [2.05, 4.69) is 4.74 Å². The summed E-state index contributed by atoms with van der Waals surface area (Å²) in [6.07, 6.45) is -4.45. The number of carbonyl (C=O) groups is 1. The van der Waals surface area contributed by atoms with Crippen LogP contribution in [0.15, 0.2) is 18.2 Å². The summed E-state index contributed by atoms with van der Waals surface area (Å²) in [7, 11) is 1.17. The normalized spacial score (nSPS) is 13.2. The molecule has 0 aliphatic rings. The molecule has 18 heavy (non-hydrogen) atoms. The molecule has 1 aromatic rings. The Bertz CT molecular complexity index is 446. The molecular weight excluding hydrogens is 292 g/mol. The van der Waals surface area contributed by atoms with Crippen molar-refractivity contribution in [2.45, 2.75) is 18.0 Å². The van der Waals surface area contributed by atoms with Gasteiger partial charge in [-0.2, -0.15) is 13.2 Å². The first-order valence-corrected chi connectivity index (χ1v) is 5.64. The number of esters is 1. The molecule has 0 saturated heterocycles. The Morgan fingerprint density at radius 1 is 1.44 bits per heavy atom. The van der Waals surface area contributed by atoms with Crippen LogP contribution < -0.4 is 0 Å². The third-order valence-corrected chi connectivity index (χ3v) is 2.92. The standard InChI is InChI=1S/C11H9Cl2F3O2/c1-18-10(17)9(13)4-6-2-3-7(5-8(6)12)11(14,15)16/h2-3,5,9H,4H2,1H3. The fourth-order valence-electron chi connectivity index (χ4n) is 1.29. The zero-order valence-electron chi connectivity index (χ0n) is 9.22. The Hall–Kier alpha value is -0.940. The smallest absolute Gasteiger partial charge is 0.416 e. The van der Waals surface area contributed by atoms with Gasteiger partial charge in [-0.3, -0.25) is 4.79 Å². The number of halogens is 5. The molecule has 0 aromatic heterocycles. The van der Waals surface area contributed by atoms with Crippen molar-refractivity contribution in [3.05, 3.63) is 34.3 Å². The van der Waals surface area contributed by atoms with Crippen LogP contribution in [0.3, 0.4) is 0 Å². The van der Waals surface area contributed by atoms with E-state index in [1.54, 1.807) is 0 Å². The minimum Gasteiger partial charge on any atom is -0.468 e. The number of hydrogen-bond donors (Lipinski definition) is 0. The van der Waals surface area contributed by atoms with Crippen molar-refractivity contribution in [1.82, 2.24) is 0 Å². The predicted molar refractivity (Wildman–Crippen MR) is 61.8 cm³/mol. The van der Waals surface area contributed by atoms with Gasteiger partial charge in [0.25, 0.3) is 0 Å². The van der Waals surface area contributed by atoms with Crippen LogP contribution in [0.25, 0.3) is 0 Å². The number of ether oxygens (including phenoxy) is 1. The number of carbonyl (C=O) groups excluding carboxylic acids is 1. The lowest BCUT2D eigenvalue weighted by atomic mass is 10.1. The quantitative estimate of drug-likeness (QED) is 0.629. The number of rotatable bonds is 3. The zero-order chi connectivity index (χ0) is 13.9. The topological polar surface area (TPSA) is 26.3 Å². The summed E-state index contributed by atoms with van der Waals surface area (Å²) in [5.41, 5.74) is -0.490. The SMILES string of the molecule is COC(=O)C(Cl)Cc1ccc(C(F)(F)F)cc1Cl. The van der Waals surface area contributed by atoms with E-state index in [0.29, 0.717) is 5.56 Å². The van der Waals surface area contributed by atoms with Crippen LogP contribution in [-0.2, 0) is 22.1 Å². The first-order valence-electron chi connectivity index (χ1n) is 4.83. The Kier molecular flexibility index (Phi) is 4.87. The van der Waals surface area contributed by atoms with Crippen LogP contribution in [0.2, 0.25) is 5.02 Å². The van der Waals surface area contributed by atoms with Gasteiger partial charge < -0.3 is 4.74 Å².